The molecule has 0 radical (unpaired) electrons. The highest BCUT2D eigenvalue weighted by Crippen LogP contribution is 2.14. The highest BCUT2D eigenvalue weighted by molar-refractivity contribution is 7.15. The summed E-state index contributed by atoms with van der Waals surface area (Å²) in [7, 11) is 1.60. The summed E-state index contributed by atoms with van der Waals surface area (Å²) >= 11 is 1.63. The number of ether oxygens (including phenoxy) is 1. The highest BCUT2D eigenvalue weighted by Gasteiger charge is 2.02. The molecule has 0 atom stereocenters. The Bertz CT molecular complexity index is 615. The summed E-state index contributed by atoms with van der Waals surface area (Å²) in [6.45, 7) is 0.683. The maximum atomic E-state index is 5.01. The number of hydrogen-bond acceptors (Lipinski definition) is 5. The van der Waals surface area contributed by atoms with Crippen molar-refractivity contribution in [2.75, 3.05) is 12.4 Å². The second-order valence-electron chi connectivity index (χ2n) is 3.77. The number of aromatic nitrogens is 3. The van der Waals surface area contributed by atoms with E-state index in [4.69, 9.17) is 4.74 Å². The van der Waals surface area contributed by atoms with Crippen LogP contribution in [0.5, 0.6) is 5.88 Å². The summed E-state index contributed by atoms with van der Waals surface area (Å²) in [5, 5.41) is 5.29. The number of nitrogens with zero attached hydrogens (tertiary/aromatic N) is 3. The van der Waals surface area contributed by atoms with Crippen molar-refractivity contribution >= 4 is 22.0 Å². The van der Waals surface area contributed by atoms with E-state index < -0.39 is 0 Å². The standard InChI is InChI=1S/C12H12N4OS/c1-17-11-3-2-9(6-14-11)13-7-10-8-16-4-5-18-12(16)15-10/h2-6,8,13H,7H2,1H3. The predicted molar refractivity (Wildman–Crippen MR) is 71.2 cm³/mol. The zero-order valence-electron chi connectivity index (χ0n) is 9.83. The lowest BCUT2D eigenvalue weighted by molar-refractivity contribution is 0.398. The first-order chi connectivity index (χ1) is 8.85. The summed E-state index contributed by atoms with van der Waals surface area (Å²) in [5.41, 5.74) is 1.96. The van der Waals surface area contributed by atoms with Gasteiger partial charge in [0.25, 0.3) is 0 Å². The average molecular weight is 260 g/mol. The van der Waals surface area contributed by atoms with E-state index in [1.165, 1.54) is 0 Å². The van der Waals surface area contributed by atoms with Gasteiger partial charge in [-0.25, -0.2) is 9.97 Å². The number of methoxy groups -OCH3 is 1. The van der Waals surface area contributed by atoms with Crippen molar-refractivity contribution in [3.8, 4) is 5.88 Å². The Labute approximate surface area is 108 Å². The van der Waals surface area contributed by atoms with Crippen LogP contribution >= 0.6 is 11.3 Å². The van der Waals surface area contributed by atoms with Crippen LogP contribution in [0.1, 0.15) is 5.69 Å². The largest absolute Gasteiger partial charge is 0.481 e. The number of nitrogens with one attached hydrogen (secondary N) is 1. The molecule has 92 valence electrons. The second kappa shape index (κ2) is 4.66. The average Bonchev–Trinajstić information content (AvgIpc) is 2.97. The fourth-order valence-electron chi connectivity index (χ4n) is 1.66. The minimum absolute atomic E-state index is 0.614. The van der Waals surface area contributed by atoms with Crippen molar-refractivity contribution in [3.63, 3.8) is 0 Å². The molecule has 0 fully saturated rings. The molecule has 18 heavy (non-hydrogen) atoms. The molecule has 0 aliphatic rings. The SMILES string of the molecule is COc1ccc(NCc2cn3ccsc3n2)cn1. The third kappa shape index (κ3) is 2.14. The molecule has 0 aliphatic heterocycles. The van der Waals surface area contributed by atoms with E-state index >= 15 is 0 Å². The van der Waals surface area contributed by atoms with E-state index in [1.54, 1.807) is 24.6 Å². The lowest BCUT2D eigenvalue weighted by Gasteiger charge is -2.04. The van der Waals surface area contributed by atoms with Crippen LogP contribution in [0.3, 0.4) is 0 Å². The van der Waals surface area contributed by atoms with Crippen LogP contribution in [0.15, 0.2) is 36.1 Å². The van der Waals surface area contributed by atoms with Gasteiger partial charge in [0.05, 0.1) is 31.2 Å². The fourth-order valence-corrected chi connectivity index (χ4v) is 2.38. The number of fused-ring (bicyclic) bond motifs is 1. The smallest absolute Gasteiger partial charge is 0.213 e. The van der Waals surface area contributed by atoms with Crippen LogP contribution in [-0.4, -0.2) is 21.5 Å². The Kier molecular flexibility index (Phi) is 2.85. The predicted octanol–water partition coefficient (Wildman–Crippen LogP) is 2.41. The molecule has 0 saturated carbocycles. The van der Waals surface area contributed by atoms with Gasteiger partial charge in [0.15, 0.2) is 4.96 Å². The third-order valence-corrected chi connectivity index (χ3v) is 3.33. The van der Waals surface area contributed by atoms with Crippen molar-refractivity contribution in [3.05, 3.63) is 41.8 Å². The van der Waals surface area contributed by atoms with Crippen LogP contribution in [0.25, 0.3) is 4.96 Å². The Morgan fingerprint density at radius 1 is 1.44 bits per heavy atom. The molecule has 0 aliphatic carbocycles. The van der Waals surface area contributed by atoms with Gasteiger partial charge in [-0.15, -0.1) is 11.3 Å². The molecule has 5 nitrogen and oxygen atoms in total. The summed E-state index contributed by atoms with van der Waals surface area (Å²) in [5.74, 6) is 0.614. The molecule has 3 rings (SSSR count). The van der Waals surface area contributed by atoms with Gasteiger partial charge in [0.2, 0.25) is 5.88 Å². The normalized spacial score (nSPS) is 10.7. The monoisotopic (exact) mass is 260 g/mol. The molecule has 3 aromatic heterocycles. The maximum absolute atomic E-state index is 5.01. The van der Waals surface area contributed by atoms with Crippen molar-refractivity contribution < 1.29 is 4.74 Å². The van der Waals surface area contributed by atoms with E-state index in [0.717, 1.165) is 16.3 Å². The number of hydrogen-bond donors (Lipinski definition) is 1. The van der Waals surface area contributed by atoms with Crippen LogP contribution in [-0.2, 0) is 6.54 Å². The Morgan fingerprint density at radius 2 is 2.39 bits per heavy atom. The van der Waals surface area contributed by atoms with Crippen molar-refractivity contribution in [2.24, 2.45) is 0 Å². The maximum Gasteiger partial charge on any atom is 0.213 e. The summed E-state index contributed by atoms with van der Waals surface area (Å²) in [4.78, 5) is 9.64. The molecule has 0 amide bonds. The third-order valence-electron chi connectivity index (χ3n) is 2.56. The van der Waals surface area contributed by atoms with Gasteiger partial charge in [0, 0.05) is 23.8 Å². The first-order valence-corrected chi connectivity index (χ1v) is 6.38. The van der Waals surface area contributed by atoms with Crippen LogP contribution in [0, 0.1) is 0 Å². The van der Waals surface area contributed by atoms with Crippen LogP contribution < -0.4 is 10.1 Å². The van der Waals surface area contributed by atoms with Crippen molar-refractivity contribution in [2.45, 2.75) is 6.54 Å². The second-order valence-corrected chi connectivity index (χ2v) is 4.64. The number of rotatable bonds is 4. The molecular weight excluding hydrogens is 248 g/mol. The van der Waals surface area contributed by atoms with E-state index in [2.05, 4.69) is 15.3 Å². The van der Waals surface area contributed by atoms with Gasteiger partial charge in [-0.05, 0) is 6.07 Å². The lowest BCUT2D eigenvalue weighted by Crippen LogP contribution is -2.00. The van der Waals surface area contributed by atoms with Gasteiger partial charge in [-0.1, -0.05) is 0 Å². The van der Waals surface area contributed by atoms with Crippen LogP contribution in [0.4, 0.5) is 5.69 Å². The number of imidazole rings is 1. The number of anilines is 1. The Hall–Kier alpha value is -2.08. The number of pyridine rings is 1. The first kappa shape index (κ1) is 11.0. The minimum atomic E-state index is 0.614. The Morgan fingerprint density at radius 3 is 3.11 bits per heavy atom. The Balaban J connectivity index is 1.68. The molecular formula is C12H12N4OS. The van der Waals surface area contributed by atoms with Gasteiger partial charge >= 0.3 is 0 Å². The fraction of sp³-hybridized carbons (Fsp3) is 0.167. The van der Waals surface area contributed by atoms with E-state index in [0.29, 0.717) is 12.4 Å². The van der Waals surface area contributed by atoms with E-state index in [-0.39, 0.29) is 0 Å². The lowest BCUT2D eigenvalue weighted by atomic mass is 10.4. The molecule has 3 heterocycles. The van der Waals surface area contributed by atoms with Gasteiger partial charge < -0.3 is 10.1 Å². The quantitative estimate of drug-likeness (QED) is 0.782. The van der Waals surface area contributed by atoms with Gasteiger partial charge in [-0.2, -0.15) is 0 Å². The van der Waals surface area contributed by atoms with Crippen molar-refractivity contribution in [1.29, 1.82) is 0 Å². The zero-order chi connectivity index (χ0) is 12.4. The molecule has 1 N–H and O–H groups in total. The molecule has 3 aromatic rings. The summed E-state index contributed by atoms with van der Waals surface area (Å²) < 4.78 is 7.03. The van der Waals surface area contributed by atoms with Crippen molar-refractivity contribution in [1.82, 2.24) is 14.4 Å². The molecule has 0 spiro atoms. The van der Waals surface area contributed by atoms with E-state index in [9.17, 15) is 0 Å². The molecule has 6 heteroatoms. The summed E-state index contributed by atoms with van der Waals surface area (Å²) in [6.07, 6.45) is 5.78. The first-order valence-electron chi connectivity index (χ1n) is 5.50. The highest BCUT2D eigenvalue weighted by atomic mass is 32.1. The topological polar surface area (TPSA) is 51.5 Å². The molecule has 0 unspecified atom stereocenters. The number of thiazole rings is 1. The molecule has 0 bridgehead atoms. The van der Waals surface area contributed by atoms with E-state index in [1.807, 2.05) is 34.3 Å². The summed E-state index contributed by atoms with van der Waals surface area (Å²) in [6, 6.07) is 3.76. The van der Waals surface area contributed by atoms with Gasteiger partial charge in [-0.3, -0.25) is 4.40 Å². The van der Waals surface area contributed by atoms with Gasteiger partial charge in [0.1, 0.15) is 0 Å². The molecule has 0 aromatic carbocycles. The minimum Gasteiger partial charge on any atom is -0.481 e. The molecule has 0 saturated heterocycles. The van der Waals surface area contributed by atoms with Crippen LogP contribution in [0.2, 0.25) is 0 Å². The zero-order valence-corrected chi connectivity index (χ0v) is 10.6.